The predicted octanol–water partition coefficient (Wildman–Crippen LogP) is 2.79. The van der Waals surface area contributed by atoms with Crippen molar-refractivity contribution >= 4 is 0 Å². The third-order valence-corrected chi connectivity index (χ3v) is 2.46. The Morgan fingerprint density at radius 3 is 2.47 bits per heavy atom. The smallest absolute Gasteiger partial charge is 0.119 e. The fourth-order valence-electron chi connectivity index (χ4n) is 1.33. The number of hydrogen-bond donors (Lipinski definition) is 1. The van der Waals surface area contributed by atoms with Gasteiger partial charge in [0.05, 0.1) is 6.10 Å². The Hall–Kier alpha value is -1.02. The lowest BCUT2D eigenvalue weighted by Gasteiger charge is -2.12. The molecule has 0 aliphatic rings. The van der Waals surface area contributed by atoms with E-state index in [-0.39, 0.29) is 12.7 Å². The van der Waals surface area contributed by atoms with Crippen LogP contribution in [0.2, 0.25) is 0 Å². The summed E-state index contributed by atoms with van der Waals surface area (Å²) in [5, 5.41) is 8.71. The van der Waals surface area contributed by atoms with Gasteiger partial charge in [-0.3, -0.25) is 0 Å². The van der Waals surface area contributed by atoms with E-state index in [1.165, 1.54) is 5.56 Å². The Morgan fingerprint density at radius 2 is 1.93 bits per heavy atom. The third kappa shape index (κ3) is 4.34. The van der Waals surface area contributed by atoms with E-state index in [1.54, 1.807) is 0 Å². The zero-order valence-electron chi connectivity index (χ0n) is 9.57. The van der Waals surface area contributed by atoms with Crippen LogP contribution in [0.1, 0.15) is 32.3 Å². The lowest BCUT2D eigenvalue weighted by Crippen LogP contribution is -2.09. The maximum absolute atomic E-state index is 8.71. The molecule has 0 saturated carbocycles. The fraction of sp³-hybridized carbons (Fsp3) is 0.538. The number of aryl methyl sites for hydroxylation is 1. The van der Waals surface area contributed by atoms with Crippen molar-refractivity contribution in [2.45, 2.75) is 39.2 Å². The summed E-state index contributed by atoms with van der Waals surface area (Å²) in [5.74, 6) is 0.928. The van der Waals surface area contributed by atoms with Crippen LogP contribution in [0.5, 0.6) is 5.75 Å². The average molecular weight is 208 g/mol. The van der Waals surface area contributed by atoms with Crippen molar-refractivity contribution in [1.29, 1.82) is 0 Å². The first-order valence-electron chi connectivity index (χ1n) is 5.62. The van der Waals surface area contributed by atoms with E-state index in [0.717, 1.165) is 25.0 Å². The summed E-state index contributed by atoms with van der Waals surface area (Å²) in [7, 11) is 0. The SMILES string of the molecule is CCC(C)Oc1ccc(CCCO)cc1. The van der Waals surface area contributed by atoms with Crippen molar-refractivity contribution in [3.05, 3.63) is 29.8 Å². The number of aliphatic hydroxyl groups excluding tert-OH is 1. The van der Waals surface area contributed by atoms with Gasteiger partial charge in [-0.1, -0.05) is 19.1 Å². The predicted molar refractivity (Wildman–Crippen MR) is 62.2 cm³/mol. The summed E-state index contributed by atoms with van der Waals surface area (Å²) in [4.78, 5) is 0. The van der Waals surface area contributed by atoms with Gasteiger partial charge in [-0.05, 0) is 43.9 Å². The summed E-state index contributed by atoms with van der Waals surface area (Å²) >= 11 is 0. The molecule has 84 valence electrons. The summed E-state index contributed by atoms with van der Waals surface area (Å²) in [6.45, 7) is 4.44. The van der Waals surface area contributed by atoms with Crippen LogP contribution in [0, 0.1) is 0 Å². The lowest BCUT2D eigenvalue weighted by molar-refractivity contribution is 0.217. The molecular weight excluding hydrogens is 188 g/mol. The lowest BCUT2D eigenvalue weighted by atomic mass is 10.1. The highest BCUT2D eigenvalue weighted by molar-refractivity contribution is 5.27. The van der Waals surface area contributed by atoms with Gasteiger partial charge >= 0.3 is 0 Å². The molecule has 1 rings (SSSR count). The number of ether oxygens (including phenoxy) is 1. The van der Waals surface area contributed by atoms with Crippen LogP contribution in [0.25, 0.3) is 0 Å². The molecule has 15 heavy (non-hydrogen) atoms. The van der Waals surface area contributed by atoms with Crippen molar-refractivity contribution in [2.75, 3.05) is 6.61 Å². The first-order chi connectivity index (χ1) is 7.26. The highest BCUT2D eigenvalue weighted by Gasteiger charge is 2.00. The minimum atomic E-state index is 0.255. The van der Waals surface area contributed by atoms with Gasteiger partial charge in [0.1, 0.15) is 5.75 Å². The molecule has 0 spiro atoms. The van der Waals surface area contributed by atoms with Crippen LogP contribution in [-0.4, -0.2) is 17.8 Å². The van der Waals surface area contributed by atoms with Crippen LogP contribution in [0.15, 0.2) is 24.3 Å². The highest BCUT2D eigenvalue weighted by atomic mass is 16.5. The van der Waals surface area contributed by atoms with Gasteiger partial charge in [0.25, 0.3) is 0 Å². The van der Waals surface area contributed by atoms with Gasteiger partial charge in [-0.15, -0.1) is 0 Å². The molecule has 1 aromatic rings. The second-order valence-electron chi connectivity index (χ2n) is 3.81. The highest BCUT2D eigenvalue weighted by Crippen LogP contribution is 2.15. The van der Waals surface area contributed by atoms with Crippen molar-refractivity contribution in [3.8, 4) is 5.75 Å². The molecule has 0 aliphatic carbocycles. The van der Waals surface area contributed by atoms with Gasteiger partial charge in [0, 0.05) is 6.61 Å². The molecule has 1 aromatic carbocycles. The van der Waals surface area contributed by atoms with Crippen LogP contribution in [-0.2, 0) is 6.42 Å². The molecule has 0 bridgehead atoms. The van der Waals surface area contributed by atoms with Gasteiger partial charge in [0.15, 0.2) is 0 Å². The Balaban J connectivity index is 2.48. The van der Waals surface area contributed by atoms with E-state index >= 15 is 0 Å². The molecular formula is C13H20O2. The van der Waals surface area contributed by atoms with E-state index in [9.17, 15) is 0 Å². The first kappa shape index (κ1) is 12.1. The molecule has 1 atom stereocenters. The van der Waals surface area contributed by atoms with E-state index < -0.39 is 0 Å². The Morgan fingerprint density at radius 1 is 1.27 bits per heavy atom. The third-order valence-electron chi connectivity index (χ3n) is 2.46. The van der Waals surface area contributed by atoms with E-state index in [4.69, 9.17) is 9.84 Å². The molecule has 1 N–H and O–H groups in total. The quantitative estimate of drug-likeness (QED) is 0.779. The monoisotopic (exact) mass is 208 g/mol. The second-order valence-corrected chi connectivity index (χ2v) is 3.81. The minimum absolute atomic E-state index is 0.255. The molecule has 0 fully saturated rings. The van der Waals surface area contributed by atoms with Gasteiger partial charge in [0.2, 0.25) is 0 Å². The van der Waals surface area contributed by atoms with Crippen molar-refractivity contribution in [3.63, 3.8) is 0 Å². The molecule has 2 heteroatoms. The topological polar surface area (TPSA) is 29.5 Å². The summed E-state index contributed by atoms with van der Waals surface area (Å²) < 4.78 is 5.67. The summed E-state index contributed by atoms with van der Waals surface area (Å²) in [6, 6.07) is 8.12. The standard InChI is InChI=1S/C13H20O2/c1-3-11(2)15-13-8-6-12(7-9-13)5-4-10-14/h6-9,11,14H,3-5,10H2,1-2H3. The Bertz CT molecular complexity index is 266. The molecule has 0 amide bonds. The number of aliphatic hydroxyl groups is 1. The van der Waals surface area contributed by atoms with Crippen LogP contribution >= 0.6 is 0 Å². The van der Waals surface area contributed by atoms with E-state index in [1.807, 2.05) is 12.1 Å². The van der Waals surface area contributed by atoms with Crippen LogP contribution in [0.4, 0.5) is 0 Å². The average Bonchev–Trinajstić information content (AvgIpc) is 2.28. The van der Waals surface area contributed by atoms with Crippen molar-refractivity contribution < 1.29 is 9.84 Å². The normalized spacial score (nSPS) is 12.5. The zero-order chi connectivity index (χ0) is 11.1. The largest absolute Gasteiger partial charge is 0.491 e. The molecule has 2 nitrogen and oxygen atoms in total. The van der Waals surface area contributed by atoms with Crippen LogP contribution in [0.3, 0.4) is 0 Å². The number of benzene rings is 1. The Labute approximate surface area is 91.9 Å². The molecule has 0 heterocycles. The fourth-order valence-corrected chi connectivity index (χ4v) is 1.33. The number of hydrogen-bond acceptors (Lipinski definition) is 2. The Kier molecular flexibility index (Phi) is 5.19. The van der Waals surface area contributed by atoms with Gasteiger partial charge < -0.3 is 9.84 Å². The van der Waals surface area contributed by atoms with Gasteiger partial charge in [-0.2, -0.15) is 0 Å². The van der Waals surface area contributed by atoms with E-state index in [2.05, 4.69) is 26.0 Å². The number of rotatable bonds is 6. The van der Waals surface area contributed by atoms with Crippen LogP contribution < -0.4 is 4.74 Å². The molecule has 0 saturated heterocycles. The molecule has 0 radical (unpaired) electrons. The zero-order valence-corrected chi connectivity index (χ0v) is 9.57. The van der Waals surface area contributed by atoms with Crippen molar-refractivity contribution in [2.24, 2.45) is 0 Å². The van der Waals surface area contributed by atoms with Crippen molar-refractivity contribution in [1.82, 2.24) is 0 Å². The molecule has 1 unspecified atom stereocenters. The van der Waals surface area contributed by atoms with E-state index in [0.29, 0.717) is 0 Å². The second kappa shape index (κ2) is 6.46. The minimum Gasteiger partial charge on any atom is -0.491 e. The maximum Gasteiger partial charge on any atom is 0.119 e. The molecule has 0 aliphatic heterocycles. The summed E-state index contributed by atoms with van der Waals surface area (Å²) in [6.07, 6.45) is 3.05. The first-order valence-corrected chi connectivity index (χ1v) is 5.62. The van der Waals surface area contributed by atoms with Gasteiger partial charge in [-0.25, -0.2) is 0 Å². The maximum atomic E-state index is 8.71. The summed E-state index contributed by atoms with van der Waals surface area (Å²) in [5.41, 5.74) is 1.25. The molecule has 0 aromatic heterocycles.